The molecular weight excluding hydrogens is 272 g/mol. The lowest BCUT2D eigenvalue weighted by Crippen LogP contribution is -2.38. The fraction of sp³-hybridized carbons (Fsp3) is 0.455. The summed E-state index contributed by atoms with van der Waals surface area (Å²) in [6, 6.07) is 2.55. The highest BCUT2D eigenvalue weighted by Crippen LogP contribution is 2.17. The summed E-state index contributed by atoms with van der Waals surface area (Å²) in [5, 5.41) is -0.300. The molecule has 2 heterocycles. The van der Waals surface area contributed by atoms with Gasteiger partial charge in [-0.1, -0.05) is 0 Å². The van der Waals surface area contributed by atoms with Crippen LogP contribution in [0.5, 0.6) is 0 Å². The van der Waals surface area contributed by atoms with Crippen LogP contribution < -0.4 is 4.72 Å². The first-order valence-electron chi connectivity index (χ1n) is 5.78. The lowest BCUT2D eigenvalue weighted by Gasteiger charge is -2.24. The van der Waals surface area contributed by atoms with Crippen molar-refractivity contribution in [1.82, 2.24) is 9.62 Å². The fourth-order valence-electron chi connectivity index (χ4n) is 1.80. The smallest absolute Gasteiger partial charge is 0.289 e. The molecule has 0 spiro atoms. The van der Waals surface area contributed by atoms with Gasteiger partial charge >= 0.3 is 0 Å². The second-order valence-electron chi connectivity index (χ2n) is 4.16. The summed E-state index contributed by atoms with van der Waals surface area (Å²) in [4.78, 5) is 24.6. The Bertz CT molecular complexity index is 594. The molecule has 2 rings (SSSR count). The highest BCUT2D eigenvalue weighted by atomic mass is 32.2. The van der Waals surface area contributed by atoms with Crippen LogP contribution in [0.3, 0.4) is 0 Å². The molecule has 1 saturated heterocycles. The van der Waals surface area contributed by atoms with Crippen molar-refractivity contribution >= 4 is 21.7 Å². The minimum Gasteiger partial charge on any atom is -0.438 e. The molecule has 0 saturated carbocycles. The molecule has 0 unspecified atom stereocenters. The Morgan fingerprint density at radius 2 is 1.95 bits per heavy atom. The predicted molar refractivity (Wildman–Crippen MR) is 65.1 cm³/mol. The van der Waals surface area contributed by atoms with Gasteiger partial charge in [0, 0.05) is 25.9 Å². The second-order valence-corrected chi connectivity index (χ2v) is 5.97. The van der Waals surface area contributed by atoms with Crippen LogP contribution in [0.1, 0.15) is 23.4 Å². The first-order chi connectivity index (χ1) is 8.94. The number of rotatable bonds is 3. The summed E-state index contributed by atoms with van der Waals surface area (Å²) >= 11 is 0. The number of carbonyl (C=O) groups excluding carboxylic acids is 2. The van der Waals surface area contributed by atoms with Gasteiger partial charge in [-0.25, -0.2) is 13.1 Å². The number of likely N-dealkylation sites (tertiary alicyclic amines) is 1. The topological polar surface area (TPSA) is 96.7 Å². The van der Waals surface area contributed by atoms with Crippen LogP contribution in [-0.4, -0.2) is 45.1 Å². The number of carbonyl (C=O) groups is 2. The van der Waals surface area contributed by atoms with Gasteiger partial charge in [0.2, 0.25) is 5.09 Å². The number of hydrogen-bond acceptors (Lipinski definition) is 5. The Morgan fingerprint density at radius 1 is 1.32 bits per heavy atom. The van der Waals surface area contributed by atoms with E-state index < -0.39 is 15.9 Å². The van der Waals surface area contributed by atoms with E-state index in [1.165, 1.54) is 24.1 Å². The van der Waals surface area contributed by atoms with Crippen LogP contribution in [0, 0.1) is 0 Å². The lowest BCUT2D eigenvalue weighted by molar-refractivity contribution is -0.120. The van der Waals surface area contributed by atoms with Crippen molar-refractivity contribution in [1.29, 1.82) is 0 Å². The molecule has 1 aliphatic heterocycles. The zero-order chi connectivity index (χ0) is 14.0. The maximum atomic E-state index is 12.0. The number of nitrogens with zero attached hydrogens (tertiary/aromatic N) is 1. The summed E-state index contributed by atoms with van der Waals surface area (Å²) in [6.45, 7) is 0.680. The van der Waals surface area contributed by atoms with Crippen molar-refractivity contribution in [3.63, 3.8) is 0 Å². The van der Waals surface area contributed by atoms with E-state index >= 15 is 0 Å². The standard InChI is InChI=1S/C11H14N2O5S/c1-12-19(16,17)10-3-2-9(18-10)11(15)13-6-4-8(14)5-7-13/h2-3,12H,4-7H2,1H3. The molecule has 7 nitrogen and oxygen atoms in total. The minimum absolute atomic E-state index is 0.0387. The molecule has 1 aromatic rings. The van der Waals surface area contributed by atoms with Crippen molar-refractivity contribution in [2.45, 2.75) is 17.9 Å². The van der Waals surface area contributed by atoms with E-state index in [1.807, 2.05) is 0 Å². The SMILES string of the molecule is CNS(=O)(=O)c1ccc(C(=O)N2CCC(=O)CC2)o1. The summed E-state index contributed by atoms with van der Waals surface area (Å²) in [7, 11) is -2.43. The van der Waals surface area contributed by atoms with Crippen molar-refractivity contribution in [3.8, 4) is 0 Å². The number of nitrogens with one attached hydrogen (secondary N) is 1. The molecule has 1 N–H and O–H groups in total. The Balaban J connectivity index is 2.15. The van der Waals surface area contributed by atoms with Crippen LogP contribution in [0.25, 0.3) is 0 Å². The van der Waals surface area contributed by atoms with Gasteiger partial charge < -0.3 is 9.32 Å². The van der Waals surface area contributed by atoms with Gasteiger partial charge in [-0.05, 0) is 19.2 Å². The van der Waals surface area contributed by atoms with Gasteiger partial charge in [0.15, 0.2) is 5.76 Å². The summed E-state index contributed by atoms with van der Waals surface area (Å²) in [5.41, 5.74) is 0. The zero-order valence-electron chi connectivity index (χ0n) is 10.4. The van der Waals surface area contributed by atoms with Gasteiger partial charge in [-0.2, -0.15) is 0 Å². The first kappa shape index (κ1) is 13.8. The normalized spacial score (nSPS) is 16.7. The largest absolute Gasteiger partial charge is 0.438 e. The van der Waals surface area contributed by atoms with E-state index in [9.17, 15) is 18.0 Å². The predicted octanol–water partition coefficient (Wildman–Crippen LogP) is -0.00720. The maximum Gasteiger partial charge on any atom is 0.289 e. The van der Waals surface area contributed by atoms with E-state index in [4.69, 9.17) is 4.42 Å². The number of furan rings is 1. The number of sulfonamides is 1. The Morgan fingerprint density at radius 3 is 2.53 bits per heavy atom. The third-order valence-corrected chi connectivity index (χ3v) is 4.22. The maximum absolute atomic E-state index is 12.0. The average Bonchev–Trinajstić information content (AvgIpc) is 2.89. The van der Waals surface area contributed by atoms with Crippen LogP contribution in [0.2, 0.25) is 0 Å². The van der Waals surface area contributed by atoms with E-state index in [0.29, 0.717) is 25.9 Å². The summed E-state index contributed by atoms with van der Waals surface area (Å²) < 4.78 is 30.1. The van der Waals surface area contributed by atoms with Crippen LogP contribution in [0.15, 0.2) is 21.6 Å². The van der Waals surface area contributed by atoms with Gasteiger partial charge in [-0.15, -0.1) is 0 Å². The van der Waals surface area contributed by atoms with Crippen molar-refractivity contribution in [2.75, 3.05) is 20.1 Å². The Hall–Kier alpha value is -1.67. The molecule has 0 aromatic carbocycles. The number of amides is 1. The molecule has 19 heavy (non-hydrogen) atoms. The molecule has 104 valence electrons. The minimum atomic E-state index is -3.69. The summed E-state index contributed by atoms with van der Waals surface area (Å²) in [6.07, 6.45) is 0.655. The van der Waals surface area contributed by atoms with Crippen LogP contribution in [0.4, 0.5) is 0 Å². The van der Waals surface area contributed by atoms with E-state index in [1.54, 1.807) is 0 Å². The fourth-order valence-corrected chi connectivity index (χ4v) is 2.44. The van der Waals surface area contributed by atoms with Gasteiger partial charge in [0.1, 0.15) is 5.78 Å². The Kier molecular flexibility index (Phi) is 3.72. The number of ketones is 1. The average molecular weight is 286 g/mol. The molecule has 0 aliphatic carbocycles. The van der Waals surface area contributed by atoms with Crippen molar-refractivity contribution in [2.24, 2.45) is 0 Å². The molecule has 0 bridgehead atoms. The zero-order valence-corrected chi connectivity index (χ0v) is 11.2. The molecule has 1 aromatic heterocycles. The quantitative estimate of drug-likeness (QED) is 0.843. The highest BCUT2D eigenvalue weighted by Gasteiger charge is 2.26. The third kappa shape index (κ3) is 2.85. The van der Waals surface area contributed by atoms with Gasteiger partial charge in [0.25, 0.3) is 15.9 Å². The first-order valence-corrected chi connectivity index (χ1v) is 7.27. The van der Waals surface area contributed by atoms with E-state index in [-0.39, 0.29) is 16.6 Å². The monoisotopic (exact) mass is 286 g/mol. The molecule has 1 aliphatic rings. The number of hydrogen-bond donors (Lipinski definition) is 1. The molecule has 0 atom stereocenters. The van der Waals surface area contributed by atoms with Crippen LogP contribution in [-0.2, 0) is 14.8 Å². The Labute approximate surface area is 110 Å². The molecule has 1 fully saturated rings. The third-order valence-electron chi connectivity index (χ3n) is 2.93. The van der Waals surface area contributed by atoms with Crippen molar-refractivity contribution < 1.29 is 22.4 Å². The molecular formula is C11H14N2O5S. The molecule has 1 amide bonds. The number of piperidine rings is 1. The number of Topliss-reactive ketones (excluding diaryl/α,β-unsaturated/α-hetero) is 1. The highest BCUT2D eigenvalue weighted by molar-refractivity contribution is 7.89. The van der Waals surface area contributed by atoms with Gasteiger partial charge in [0.05, 0.1) is 0 Å². The molecule has 0 radical (unpaired) electrons. The second kappa shape index (κ2) is 5.14. The lowest BCUT2D eigenvalue weighted by atomic mass is 10.1. The van der Waals surface area contributed by atoms with Gasteiger partial charge in [-0.3, -0.25) is 9.59 Å². The van der Waals surface area contributed by atoms with Crippen LogP contribution >= 0.6 is 0 Å². The van der Waals surface area contributed by atoms with Crippen molar-refractivity contribution in [3.05, 3.63) is 17.9 Å². The summed E-state index contributed by atoms with van der Waals surface area (Å²) in [5.74, 6) is -0.310. The van der Waals surface area contributed by atoms with E-state index in [0.717, 1.165) is 0 Å². The van der Waals surface area contributed by atoms with E-state index in [2.05, 4.69) is 4.72 Å². The molecule has 8 heteroatoms.